The second-order valence-electron chi connectivity index (χ2n) is 4.39. The van der Waals surface area contributed by atoms with Crippen LogP contribution in [0.15, 0.2) is 36.4 Å². The minimum Gasteiger partial charge on any atom is -0.480 e. The predicted molar refractivity (Wildman–Crippen MR) is 85.8 cm³/mol. The van der Waals surface area contributed by atoms with Crippen LogP contribution in [-0.4, -0.2) is 36.6 Å². The highest BCUT2D eigenvalue weighted by Gasteiger charge is 2.26. The van der Waals surface area contributed by atoms with Crippen LogP contribution in [0, 0.1) is 0 Å². The summed E-state index contributed by atoms with van der Waals surface area (Å²) in [6.45, 7) is 3.87. The lowest BCUT2D eigenvalue weighted by molar-refractivity contribution is -0.138. The van der Waals surface area contributed by atoms with Gasteiger partial charge in [0.2, 0.25) is 0 Å². The summed E-state index contributed by atoms with van der Waals surface area (Å²) in [5.74, 6) is -1.06. The van der Waals surface area contributed by atoms with Gasteiger partial charge in [0, 0.05) is 0 Å². The van der Waals surface area contributed by atoms with Gasteiger partial charge in [0.25, 0.3) is 0 Å². The topological polar surface area (TPSA) is 84.9 Å². The Morgan fingerprint density at radius 2 is 1.86 bits per heavy atom. The van der Waals surface area contributed by atoms with E-state index in [1.54, 1.807) is 19.9 Å². The van der Waals surface area contributed by atoms with Gasteiger partial charge in [-0.3, -0.25) is 14.7 Å². The zero-order valence-electron chi connectivity index (χ0n) is 12.8. The zero-order chi connectivity index (χ0) is 16.4. The van der Waals surface area contributed by atoms with E-state index in [-0.39, 0.29) is 19.5 Å². The van der Waals surface area contributed by atoms with Crippen LogP contribution in [0.3, 0.4) is 0 Å². The van der Waals surface area contributed by atoms with E-state index in [9.17, 15) is 14.5 Å². The molecule has 0 bridgehead atoms. The molecule has 0 aliphatic rings. The van der Waals surface area contributed by atoms with Crippen molar-refractivity contribution in [3.05, 3.63) is 42.0 Å². The van der Waals surface area contributed by atoms with Crippen LogP contribution < -0.4 is 5.32 Å². The van der Waals surface area contributed by atoms with Crippen LogP contribution in [-0.2, 0) is 18.4 Å². The van der Waals surface area contributed by atoms with Crippen molar-refractivity contribution in [1.82, 2.24) is 5.32 Å². The third kappa shape index (κ3) is 6.54. The maximum absolute atomic E-state index is 12.3. The lowest BCUT2D eigenvalue weighted by Gasteiger charge is -2.19. The minimum atomic E-state index is -3.32. The molecule has 1 rings (SSSR count). The molecule has 0 spiro atoms. The number of nitrogens with one attached hydrogen (secondary N) is 1. The smallest absolute Gasteiger partial charge is 0.344 e. The quantitative estimate of drug-likeness (QED) is 0.643. The lowest BCUT2D eigenvalue weighted by Crippen LogP contribution is -2.35. The van der Waals surface area contributed by atoms with E-state index in [0.717, 1.165) is 5.56 Å². The van der Waals surface area contributed by atoms with Crippen molar-refractivity contribution >= 4 is 19.6 Å². The van der Waals surface area contributed by atoms with E-state index in [2.05, 4.69) is 5.32 Å². The zero-order valence-corrected chi connectivity index (χ0v) is 13.7. The summed E-state index contributed by atoms with van der Waals surface area (Å²) < 4.78 is 22.5. The van der Waals surface area contributed by atoms with Crippen LogP contribution in [0.1, 0.15) is 19.4 Å². The number of carbonyl (C=O) groups is 1. The molecule has 2 N–H and O–H groups in total. The average Bonchev–Trinajstić information content (AvgIpc) is 2.48. The van der Waals surface area contributed by atoms with Crippen LogP contribution in [0.5, 0.6) is 0 Å². The molecule has 6 nitrogen and oxygen atoms in total. The van der Waals surface area contributed by atoms with E-state index in [0.29, 0.717) is 0 Å². The number of carboxylic acids is 1. The third-order valence-corrected chi connectivity index (χ3v) is 4.58. The van der Waals surface area contributed by atoms with E-state index >= 15 is 0 Å². The number of carboxylic acid groups (broad SMARTS) is 1. The molecule has 0 radical (unpaired) electrons. The molecule has 1 aromatic rings. The maximum atomic E-state index is 12.3. The molecule has 0 heterocycles. The maximum Gasteiger partial charge on any atom is 0.344 e. The molecule has 0 saturated carbocycles. The summed E-state index contributed by atoms with van der Waals surface area (Å²) >= 11 is 0. The summed E-state index contributed by atoms with van der Waals surface area (Å²) in [5.41, 5.74) is 0.883. The minimum absolute atomic E-state index is 0.162. The van der Waals surface area contributed by atoms with Gasteiger partial charge >= 0.3 is 13.6 Å². The Balaban J connectivity index is 2.70. The Labute approximate surface area is 130 Å². The van der Waals surface area contributed by atoms with Gasteiger partial charge < -0.3 is 14.2 Å². The van der Waals surface area contributed by atoms with E-state index in [4.69, 9.17) is 9.05 Å². The molecule has 122 valence electrons. The highest BCUT2D eigenvalue weighted by molar-refractivity contribution is 7.53. The average molecular weight is 327 g/mol. The number of aliphatic carboxylic acids is 1. The first-order valence-corrected chi connectivity index (χ1v) is 8.81. The van der Waals surface area contributed by atoms with Gasteiger partial charge in [-0.2, -0.15) is 0 Å². The highest BCUT2D eigenvalue weighted by Crippen LogP contribution is 2.46. The number of hydrogen-bond donors (Lipinski definition) is 2. The summed E-state index contributed by atoms with van der Waals surface area (Å²) in [5, 5.41) is 11.9. The predicted octanol–water partition coefficient (Wildman–Crippen LogP) is 2.97. The van der Waals surface area contributed by atoms with E-state index < -0.39 is 19.6 Å². The first-order valence-electron chi connectivity index (χ1n) is 7.08. The Bertz CT molecular complexity index is 522. The molecule has 0 fully saturated rings. The molecular weight excluding hydrogens is 305 g/mol. The lowest BCUT2D eigenvalue weighted by atomic mass is 10.2. The van der Waals surface area contributed by atoms with Gasteiger partial charge in [-0.05, 0) is 19.4 Å². The van der Waals surface area contributed by atoms with Gasteiger partial charge in [-0.15, -0.1) is 0 Å². The third-order valence-electron chi connectivity index (χ3n) is 2.70. The number of rotatable bonds is 10. The van der Waals surface area contributed by atoms with Crippen molar-refractivity contribution in [2.75, 3.05) is 19.5 Å². The van der Waals surface area contributed by atoms with Gasteiger partial charge in [0.15, 0.2) is 0 Å². The van der Waals surface area contributed by atoms with Gasteiger partial charge in [-0.1, -0.05) is 42.5 Å². The normalized spacial score (nSPS) is 13.4. The molecular formula is C15H22NO5P. The van der Waals surface area contributed by atoms with Gasteiger partial charge in [0.1, 0.15) is 6.04 Å². The molecule has 0 amide bonds. The summed E-state index contributed by atoms with van der Waals surface area (Å²) in [4.78, 5) is 11.3. The Morgan fingerprint density at radius 3 is 2.36 bits per heavy atom. The largest absolute Gasteiger partial charge is 0.480 e. The summed E-state index contributed by atoms with van der Waals surface area (Å²) in [6, 6.07) is 8.35. The monoisotopic (exact) mass is 327 g/mol. The van der Waals surface area contributed by atoms with Crippen molar-refractivity contribution in [2.24, 2.45) is 0 Å². The molecule has 22 heavy (non-hydrogen) atoms. The molecule has 0 aliphatic carbocycles. The van der Waals surface area contributed by atoms with Crippen LogP contribution in [0.4, 0.5) is 0 Å². The van der Waals surface area contributed by atoms with Crippen molar-refractivity contribution in [1.29, 1.82) is 0 Å². The van der Waals surface area contributed by atoms with Crippen LogP contribution in [0.2, 0.25) is 0 Å². The highest BCUT2D eigenvalue weighted by atomic mass is 31.2. The van der Waals surface area contributed by atoms with Crippen molar-refractivity contribution < 1.29 is 23.5 Å². The van der Waals surface area contributed by atoms with E-state index in [1.165, 1.54) is 6.08 Å². The first kappa shape index (κ1) is 18.6. The van der Waals surface area contributed by atoms with Crippen LogP contribution in [0.25, 0.3) is 6.08 Å². The summed E-state index contributed by atoms with van der Waals surface area (Å²) in [6.07, 6.45) is 3.03. The molecule has 1 aromatic carbocycles. The fraction of sp³-hybridized carbons (Fsp3) is 0.400. The Kier molecular flexibility index (Phi) is 8.06. The van der Waals surface area contributed by atoms with Crippen molar-refractivity contribution in [3.63, 3.8) is 0 Å². The van der Waals surface area contributed by atoms with E-state index in [1.807, 2.05) is 30.3 Å². The standard InChI is InChI=1S/C15H22NO5P/c1-3-20-22(19,21-4-2)12-16-14(15(17)18)11-10-13-8-6-5-7-9-13/h5-11,14,16H,3-4,12H2,1-2H3,(H,17,18). The second-order valence-corrected chi connectivity index (χ2v) is 6.45. The van der Waals surface area contributed by atoms with Crippen molar-refractivity contribution in [2.45, 2.75) is 19.9 Å². The molecule has 1 unspecified atom stereocenters. The molecule has 0 aliphatic heterocycles. The Morgan fingerprint density at radius 1 is 1.27 bits per heavy atom. The summed E-state index contributed by atoms with van der Waals surface area (Å²) in [7, 11) is -3.32. The number of hydrogen-bond acceptors (Lipinski definition) is 5. The number of benzene rings is 1. The molecule has 0 saturated heterocycles. The molecule has 7 heteroatoms. The second kappa shape index (κ2) is 9.54. The SMILES string of the molecule is CCOP(=O)(CNC(C=Cc1ccccc1)C(=O)O)OCC. The fourth-order valence-electron chi connectivity index (χ4n) is 1.74. The van der Waals surface area contributed by atoms with Crippen LogP contribution >= 0.6 is 7.60 Å². The first-order chi connectivity index (χ1) is 10.5. The van der Waals surface area contributed by atoms with Crippen molar-refractivity contribution in [3.8, 4) is 0 Å². The Hall–Kier alpha value is -1.46. The molecule has 1 atom stereocenters. The van der Waals surface area contributed by atoms with Gasteiger partial charge in [0.05, 0.1) is 19.5 Å². The molecule has 0 aromatic heterocycles. The van der Waals surface area contributed by atoms with Gasteiger partial charge in [-0.25, -0.2) is 0 Å². The fourth-order valence-corrected chi connectivity index (χ4v) is 3.21.